The van der Waals surface area contributed by atoms with Gasteiger partial charge in [0.15, 0.2) is 5.58 Å². The molecule has 7 heteroatoms. The van der Waals surface area contributed by atoms with Crippen molar-refractivity contribution in [1.29, 1.82) is 0 Å². The van der Waals surface area contributed by atoms with E-state index in [9.17, 15) is 4.39 Å². The van der Waals surface area contributed by atoms with E-state index < -0.39 is 0 Å². The number of fused-ring (bicyclic) bond motifs is 1. The second-order valence-electron chi connectivity index (χ2n) is 5.60. The average molecular weight is 313 g/mol. The highest BCUT2D eigenvalue weighted by Gasteiger charge is 2.22. The fourth-order valence-electron chi connectivity index (χ4n) is 2.76. The minimum Gasteiger partial charge on any atom is -0.423 e. The second-order valence-corrected chi connectivity index (χ2v) is 5.60. The third-order valence-corrected chi connectivity index (χ3v) is 4.00. The zero-order valence-corrected chi connectivity index (χ0v) is 12.7. The number of anilines is 2. The summed E-state index contributed by atoms with van der Waals surface area (Å²) in [7, 11) is 0. The Hall–Kier alpha value is -2.70. The molecule has 0 radical (unpaired) electrons. The van der Waals surface area contributed by atoms with Crippen LogP contribution >= 0.6 is 0 Å². The predicted molar refractivity (Wildman–Crippen MR) is 85.2 cm³/mol. The van der Waals surface area contributed by atoms with Crippen molar-refractivity contribution in [2.75, 3.05) is 36.0 Å². The summed E-state index contributed by atoms with van der Waals surface area (Å²) in [5.74, 6) is 0.626. The number of aryl methyl sites for hydroxylation is 1. The van der Waals surface area contributed by atoms with E-state index in [-0.39, 0.29) is 5.82 Å². The lowest BCUT2D eigenvalue weighted by Crippen LogP contribution is -2.47. The standard InChI is InChI=1S/C16H16FN5O/c1-11-8-15(19-10-18-11)21-4-6-22(7-5-21)16-20-13-3-2-12(17)9-14(13)23-16/h2-3,8-10H,4-7H2,1H3. The van der Waals surface area contributed by atoms with Crippen LogP contribution in [0, 0.1) is 12.7 Å². The molecule has 0 bridgehead atoms. The molecule has 1 saturated heterocycles. The Morgan fingerprint density at radius 3 is 2.61 bits per heavy atom. The molecule has 0 N–H and O–H groups in total. The number of piperazine rings is 1. The van der Waals surface area contributed by atoms with Gasteiger partial charge in [0.05, 0.1) is 0 Å². The molecule has 0 amide bonds. The van der Waals surface area contributed by atoms with Crippen LogP contribution in [-0.2, 0) is 0 Å². The number of aromatic nitrogens is 3. The molecule has 2 aromatic heterocycles. The van der Waals surface area contributed by atoms with Gasteiger partial charge >= 0.3 is 0 Å². The van der Waals surface area contributed by atoms with Gasteiger partial charge in [-0.2, -0.15) is 4.98 Å². The van der Waals surface area contributed by atoms with Gasteiger partial charge in [-0.3, -0.25) is 0 Å². The molecular formula is C16H16FN5O. The van der Waals surface area contributed by atoms with Crippen LogP contribution in [-0.4, -0.2) is 41.1 Å². The summed E-state index contributed by atoms with van der Waals surface area (Å²) in [6, 6.07) is 6.93. The summed E-state index contributed by atoms with van der Waals surface area (Å²) in [5, 5.41) is 0. The van der Waals surface area contributed by atoms with E-state index >= 15 is 0 Å². The molecule has 6 nitrogen and oxygen atoms in total. The lowest BCUT2D eigenvalue weighted by molar-refractivity contribution is 0.538. The van der Waals surface area contributed by atoms with Gasteiger partial charge in [-0.25, -0.2) is 14.4 Å². The van der Waals surface area contributed by atoms with Gasteiger partial charge in [0, 0.05) is 44.0 Å². The van der Waals surface area contributed by atoms with Gasteiger partial charge in [-0.15, -0.1) is 0 Å². The van der Waals surface area contributed by atoms with Crippen LogP contribution in [0.3, 0.4) is 0 Å². The molecular weight excluding hydrogens is 297 g/mol. The number of hydrogen-bond donors (Lipinski definition) is 0. The molecule has 4 rings (SSSR count). The Bertz CT molecular complexity index is 841. The number of rotatable bonds is 2. The normalized spacial score (nSPS) is 15.4. The monoisotopic (exact) mass is 313 g/mol. The first kappa shape index (κ1) is 13.9. The zero-order chi connectivity index (χ0) is 15.8. The van der Waals surface area contributed by atoms with Crippen molar-refractivity contribution in [3.8, 4) is 0 Å². The first-order valence-electron chi connectivity index (χ1n) is 7.54. The molecule has 23 heavy (non-hydrogen) atoms. The van der Waals surface area contributed by atoms with Crippen molar-refractivity contribution < 1.29 is 8.81 Å². The Morgan fingerprint density at radius 1 is 1.04 bits per heavy atom. The van der Waals surface area contributed by atoms with Crippen LogP contribution in [0.2, 0.25) is 0 Å². The smallest absolute Gasteiger partial charge is 0.298 e. The number of halogens is 1. The van der Waals surface area contributed by atoms with Crippen molar-refractivity contribution in [3.63, 3.8) is 0 Å². The second kappa shape index (κ2) is 5.49. The van der Waals surface area contributed by atoms with Gasteiger partial charge in [0.25, 0.3) is 6.01 Å². The Kier molecular flexibility index (Phi) is 3.33. The molecule has 0 aliphatic carbocycles. The van der Waals surface area contributed by atoms with E-state index in [1.54, 1.807) is 12.4 Å². The van der Waals surface area contributed by atoms with Crippen LogP contribution in [0.4, 0.5) is 16.2 Å². The molecule has 1 aliphatic heterocycles. The summed E-state index contributed by atoms with van der Waals surface area (Å²) >= 11 is 0. The van der Waals surface area contributed by atoms with Crippen LogP contribution in [0.1, 0.15) is 5.69 Å². The molecule has 0 spiro atoms. The maximum Gasteiger partial charge on any atom is 0.298 e. The van der Waals surface area contributed by atoms with Gasteiger partial charge in [0.2, 0.25) is 0 Å². The first-order valence-corrected chi connectivity index (χ1v) is 7.54. The number of nitrogens with zero attached hydrogens (tertiary/aromatic N) is 5. The highest BCUT2D eigenvalue weighted by Crippen LogP contribution is 2.24. The van der Waals surface area contributed by atoms with Crippen molar-refractivity contribution in [3.05, 3.63) is 42.1 Å². The first-order chi connectivity index (χ1) is 11.2. The summed E-state index contributed by atoms with van der Waals surface area (Å²) in [4.78, 5) is 17.2. The van der Waals surface area contributed by atoms with Crippen LogP contribution in [0.25, 0.3) is 11.1 Å². The van der Waals surface area contributed by atoms with E-state index in [0.717, 1.165) is 37.7 Å². The molecule has 3 aromatic rings. The van der Waals surface area contributed by atoms with Crippen molar-refractivity contribution in [2.45, 2.75) is 6.92 Å². The van der Waals surface area contributed by atoms with Crippen molar-refractivity contribution >= 4 is 22.9 Å². The van der Waals surface area contributed by atoms with Crippen molar-refractivity contribution in [2.24, 2.45) is 0 Å². The Morgan fingerprint density at radius 2 is 1.83 bits per heavy atom. The number of benzene rings is 1. The summed E-state index contributed by atoms with van der Waals surface area (Å²) in [6.45, 7) is 5.16. The van der Waals surface area contributed by atoms with Crippen LogP contribution < -0.4 is 9.80 Å². The third kappa shape index (κ3) is 2.69. The average Bonchev–Trinajstić information content (AvgIpc) is 2.98. The predicted octanol–water partition coefficient (Wildman–Crippen LogP) is 2.39. The summed E-state index contributed by atoms with van der Waals surface area (Å²) in [6.07, 6.45) is 1.59. The maximum absolute atomic E-state index is 13.2. The molecule has 0 saturated carbocycles. The molecule has 0 unspecified atom stereocenters. The molecule has 3 heterocycles. The zero-order valence-electron chi connectivity index (χ0n) is 12.7. The van der Waals surface area contributed by atoms with Gasteiger partial charge in [-0.1, -0.05) is 0 Å². The molecule has 118 valence electrons. The van der Waals surface area contributed by atoms with Gasteiger partial charge in [-0.05, 0) is 19.1 Å². The molecule has 1 aromatic carbocycles. The fraction of sp³-hybridized carbons (Fsp3) is 0.312. The lowest BCUT2D eigenvalue weighted by atomic mass is 10.3. The van der Waals surface area contributed by atoms with E-state index in [4.69, 9.17) is 4.42 Å². The van der Waals surface area contributed by atoms with Gasteiger partial charge < -0.3 is 14.2 Å². The minimum atomic E-state index is -0.316. The van der Waals surface area contributed by atoms with E-state index in [1.165, 1.54) is 12.1 Å². The van der Waals surface area contributed by atoms with Crippen LogP contribution in [0.15, 0.2) is 35.0 Å². The fourth-order valence-corrected chi connectivity index (χ4v) is 2.76. The third-order valence-electron chi connectivity index (χ3n) is 4.00. The highest BCUT2D eigenvalue weighted by molar-refractivity contribution is 5.74. The summed E-state index contributed by atoms with van der Waals surface area (Å²) in [5.41, 5.74) is 2.11. The number of oxazole rings is 1. The molecule has 1 aliphatic rings. The van der Waals surface area contributed by atoms with Gasteiger partial charge in [0.1, 0.15) is 23.5 Å². The van der Waals surface area contributed by atoms with E-state index in [1.807, 2.05) is 13.0 Å². The highest BCUT2D eigenvalue weighted by atomic mass is 19.1. The lowest BCUT2D eigenvalue weighted by Gasteiger charge is -2.34. The van der Waals surface area contributed by atoms with Crippen molar-refractivity contribution in [1.82, 2.24) is 15.0 Å². The topological polar surface area (TPSA) is 58.3 Å². The SMILES string of the molecule is Cc1cc(N2CCN(c3nc4ccc(F)cc4o3)CC2)ncn1. The Labute approximate surface area is 132 Å². The van der Waals surface area contributed by atoms with E-state index in [0.29, 0.717) is 17.1 Å². The summed E-state index contributed by atoms with van der Waals surface area (Å²) < 4.78 is 18.9. The minimum absolute atomic E-state index is 0.316. The number of hydrogen-bond acceptors (Lipinski definition) is 6. The molecule has 1 fully saturated rings. The Balaban J connectivity index is 1.50. The van der Waals surface area contributed by atoms with E-state index in [2.05, 4.69) is 24.8 Å². The molecule has 0 atom stereocenters. The largest absolute Gasteiger partial charge is 0.423 e. The van der Waals surface area contributed by atoms with Crippen LogP contribution in [0.5, 0.6) is 0 Å². The maximum atomic E-state index is 13.2. The quantitative estimate of drug-likeness (QED) is 0.724.